The Labute approximate surface area is 441 Å². The van der Waals surface area contributed by atoms with Gasteiger partial charge in [0.25, 0.3) is 0 Å². The second-order valence-electron chi connectivity index (χ2n) is 23.5. The van der Waals surface area contributed by atoms with E-state index in [1.807, 2.05) is 0 Å². The first-order valence-corrected chi connectivity index (χ1v) is 27.7. The van der Waals surface area contributed by atoms with Gasteiger partial charge in [-0.3, -0.25) is 0 Å². The predicted molar refractivity (Wildman–Crippen MR) is 310 cm³/mol. The Morgan fingerprint density at radius 2 is 1.15 bits per heavy atom. The molecule has 0 N–H and O–H groups in total. The Hall–Kier alpha value is -7.51. The maximum atomic E-state index is 7.13. The Morgan fingerprint density at radius 3 is 1.88 bits per heavy atom. The number of likely N-dealkylation sites (N-methyl/N-ethyl adjacent to an activating group) is 2. The molecule has 0 radical (unpaired) electrons. The average Bonchev–Trinajstić information content (AvgIpc) is 4.23. The van der Waals surface area contributed by atoms with Crippen LogP contribution in [0.1, 0.15) is 111 Å². The number of pyridine rings is 1. The van der Waals surface area contributed by atoms with Crippen molar-refractivity contribution in [1.29, 1.82) is 0 Å². The number of rotatable bonds is 6. The number of fused-ring (bicyclic) bond motifs is 13. The number of hydrogen-bond donors (Lipinski definition) is 0. The molecule has 0 saturated heterocycles. The Bertz CT molecular complexity index is 3870. The van der Waals surface area contributed by atoms with Gasteiger partial charge in [-0.05, 0) is 152 Å². The number of furan rings is 2. The Kier molecular flexibility index (Phi) is 10.8. The van der Waals surface area contributed by atoms with E-state index in [2.05, 4.69) is 225 Å². The van der Waals surface area contributed by atoms with Crippen LogP contribution in [0.25, 0.3) is 83.1 Å². The molecule has 6 heterocycles. The topological polar surface area (TPSA) is 43.1 Å². The molecule has 9 aromatic rings. The summed E-state index contributed by atoms with van der Waals surface area (Å²) in [6, 6.07) is 45.9. The van der Waals surface area contributed by atoms with E-state index in [0.29, 0.717) is 17.3 Å². The van der Waals surface area contributed by atoms with Gasteiger partial charge in [0.05, 0.1) is 11.3 Å². The summed E-state index contributed by atoms with van der Waals surface area (Å²) >= 11 is 0. The van der Waals surface area contributed by atoms with Crippen molar-refractivity contribution in [1.82, 2.24) is 9.80 Å². The number of nitrogens with zero attached hydrogens (tertiary/aromatic N) is 5. The van der Waals surface area contributed by atoms with Crippen LogP contribution in [0, 0.1) is 19.3 Å². The summed E-state index contributed by atoms with van der Waals surface area (Å²) in [6.45, 7) is 9.35. The van der Waals surface area contributed by atoms with Crippen molar-refractivity contribution < 1.29 is 13.4 Å². The highest BCUT2D eigenvalue weighted by Crippen LogP contribution is 2.50. The van der Waals surface area contributed by atoms with Gasteiger partial charge in [-0.15, -0.1) is 0 Å². The number of aryl methyl sites for hydroxylation is 1. The fourth-order valence-electron chi connectivity index (χ4n) is 13.9. The summed E-state index contributed by atoms with van der Waals surface area (Å²) in [7, 11) is 6.66. The smallest absolute Gasteiger partial charge is 0.213 e. The highest BCUT2D eigenvalue weighted by molar-refractivity contribution is 6.12. The van der Waals surface area contributed by atoms with E-state index in [4.69, 9.17) is 8.83 Å². The van der Waals surface area contributed by atoms with Crippen molar-refractivity contribution in [2.75, 3.05) is 23.9 Å². The maximum Gasteiger partial charge on any atom is 0.213 e. The van der Waals surface area contributed by atoms with E-state index in [1.165, 1.54) is 119 Å². The van der Waals surface area contributed by atoms with E-state index >= 15 is 0 Å². The summed E-state index contributed by atoms with van der Waals surface area (Å²) in [6.07, 6.45) is 22.8. The average molecular weight is 987 g/mol. The van der Waals surface area contributed by atoms with E-state index in [-0.39, 0.29) is 12.3 Å². The lowest BCUT2D eigenvalue weighted by Gasteiger charge is -2.34. The van der Waals surface area contributed by atoms with E-state index < -0.39 is 0 Å². The zero-order valence-corrected chi connectivity index (χ0v) is 44.7. The molecule has 2 bridgehead atoms. The Balaban J connectivity index is 0.916. The number of hydrogen-bond acceptors (Lipinski definition) is 6. The molecule has 2 atom stereocenters. The molecule has 2 unspecified atom stereocenters. The number of benzene rings is 6. The minimum atomic E-state index is -0.136. The van der Waals surface area contributed by atoms with Crippen LogP contribution in [0.4, 0.5) is 11.4 Å². The standard InChI is InChI=1S/C68H68N5O2/c1-42-15-11-12-18-50(42)59-35-49(48-23-25-54-53-24-21-46(44-16-9-8-10-17-44)37-61(53)74-62(54)39-48)36-60(71(59)7)52-20-14-13-19-51(52)57-41-64-69(5)31-34-73(64)65-43(2)58(72-33-32-70(6)67(57)72)40-56-55-26-22-47(38-63(55)75-66(56)65)45-27-29-68(3,4)30-28-45/h11-15,18-26,31-41,44-45,64,67H,8-10,16-17,27-30H2,1-7H3/q+1/b57-41-. The van der Waals surface area contributed by atoms with Gasteiger partial charge in [-0.25, -0.2) is 0 Å². The van der Waals surface area contributed by atoms with Crippen molar-refractivity contribution in [2.45, 2.75) is 110 Å². The molecule has 376 valence electrons. The van der Waals surface area contributed by atoms with Gasteiger partial charge in [0.15, 0.2) is 5.58 Å². The van der Waals surface area contributed by atoms with Crippen LogP contribution >= 0.6 is 0 Å². The molecule has 2 aliphatic carbocycles. The van der Waals surface area contributed by atoms with Gasteiger partial charge in [0.1, 0.15) is 36.1 Å². The largest absolute Gasteiger partial charge is 0.456 e. The van der Waals surface area contributed by atoms with Crippen LogP contribution in [0.2, 0.25) is 0 Å². The van der Waals surface area contributed by atoms with Gasteiger partial charge in [-0.1, -0.05) is 99.8 Å². The predicted octanol–water partition coefficient (Wildman–Crippen LogP) is 16.9. The van der Waals surface area contributed by atoms with Crippen molar-refractivity contribution in [3.8, 4) is 33.6 Å². The molecule has 2 fully saturated rings. The molecular formula is C68H68N5O2+. The van der Waals surface area contributed by atoms with Crippen LogP contribution in [0.3, 0.4) is 0 Å². The minimum Gasteiger partial charge on any atom is -0.456 e. The van der Waals surface area contributed by atoms with Crippen LogP contribution in [0.5, 0.6) is 0 Å². The third-order valence-electron chi connectivity index (χ3n) is 18.4. The normalized spacial score (nSPS) is 20.5. The second kappa shape index (κ2) is 17.5. The van der Waals surface area contributed by atoms with E-state index in [1.54, 1.807) is 0 Å². The molecule has 2 saturated carbocycles. The van der Waals surface area contributed by atoms with Gasteiger partial charge in [-0.2, -0.15) is 4.57 Å². The molecule has 3 aliphatic heterocycles. The fourth-order valence-corrected chi connectivity index (χ4v) is 13.9. The fraction of sp³-hybridized carbons (Fsp3) is 0.309. The summed E-state index contributed by atoms with van der Waals surface area (Å²) < 4.78 is 16.3. The molecule has 75 heavy (non-hydrogen) atoms. The number of anilines is 2. The molecule has 0 amide bonds. The van der Waals surface area contributed by atoms with E-state index in [0.717, 1.165) is 61.3 Å². The van der Waals surface area contributed by atoms with Crippen molar-refractivity contribution in [3.05, 3.63) is 180 Å². The van der Waals surface area contributed by atoms with Crippen molar-refractivity contribution in [2.24, 2.45) is 12.5 Å². The van der Waals surface area contributed by atoms with Crippen LogP contribution in [-0.4, -0.2) is 36.2 Å². The molecule has 7 heteroatoms. The number of aromatic nitrogens is 1. The highest BCUT2D eigenvalue weighted by atomic mass is 16.3. The quantitative estimate of drug-likeness (QED) is 0.155. The zero-order valence-electron chi connectivity index (χ0n) is 44.7. The first kappa shape index (κ1) is 46.1. The van der Waals surface area contributed by atoms with Gasteiger partial charge < -0.3 is 28.4 Å². The monoisotopic (exact) mass is 987 g/mol. The lowest BCUT2D eigenvalue weighted by atomic mass is 9.71. The highest BCUT2D eigenvalue weighted by Gasteiger charge is 2.39. The van der Waals surface area contributed by atoms with Gasteiger partial charge in [0, 0.05) is 95.0 Å². The third kappa shape index (κ3) is 7.54. The lowest BCUT2D eigenvalue weighted by molar-refractivity contribution is -0.649. The summed E-state index contributed by atoms with van der Waals surface area (Å²) in [5, 5.41) is 4.68. The Morgan fingerprint density at radius 1 is 0.547 bits per heavy atom. The second-order valence-corrected chi connectivity index (χ2v) is 23.5. The van der Waals surface area contributed by atoms with Crippen molar-refractivity contribution in [3.63, 3.8) is 0 Å². The van der Waals surface area contributed by atoms with Gasteiger partial charge >= 0.3 is 0 Å². The summed E-state index contributed by atoms with van der Waals surface area (Å²) in [5.74, 6) is 1.19. The minimum absolute atomic E-state index is 0.120. The molecule has 14 rings (SSSR count). The first-order valence-electron chi connectivity index (χ1n) is 27.7. The molecule has 5 aliphatic rings. The summed E-state index contributed by atoms with van der Waals surface area (Å²) in [5.41, 5.74) is 21.2. The SMILES string of the molecule is Cc1ccccc1-c1cc(-c2ccc3c(c2)oc2cc(C4CCCCC4)ccc23)cc(-c2ccccc2/C2=C/C3N(C)C=CN3c3c(C)c(cc4c3oc3cc(C5CCC(C)(C)CC5)ccc34)N3C=CN(C)C23)[n+]1C. The molecule has 3 aromatic heterocycles. The zero-order chi connectivity index (χ0) is 50.9. The molecule has 7 nitrogen and oxygen atoms in total. The lowest BCUT2D eigenvalue weighted by Crippen LogP contribution is -2.40. The molecule has 0 spiro atoms. The van der Waals surface area contributed by atoms with Crippen LogP contribution in [-0.2, 0) is 7.05 Å². The van der Waals surface area contributed by atoms with Crippen LogP contribution < -0.4 is 14.4 Å². The first-order chi connectivity index (χ1) is 36.5. The summed E-state index contributed by atoms with van der Waals surface area (Å²) in [4.78, 5) is 9.67. The maximum absolute atomic E-state index is 7.13. The van der Waals surface area contributed by atoms with E-state index in [9.17, 15) is 0 Å². The molecular weight excluding hydrogens is 919 g/mol. The molecule has 6 aromatic carbocycles. The third-order valence-corrected chi connectivity index (χ3v) is 18.4. The van der Waals surface area contributed by atoms with Crippen LogP contribution in [0.15, 0.2) is 161 Å². The van der Waals surface area contributed by atoms with Crippen molar-refractivity contribution >= 4 is 60.8 Å². The van der Waals surface area contributed by atoms with Gasteiger partial charge in [0.2, 0.25) is 11.4 Å².